The number of rotatable bonds is 6. The molecule has 0 saturated carbocycles. The maximum Gasteiger partial charge on any atom is 0.344 e. The van der Waals surface area contributed by atoms with Crippen molar-refractivity contribution in [1.82, 2.24) is 0 Å². The normalized spacial score (nSPS) is 13.2. The Hall–Kier alpha value is -3.02. The third kappa shape index (κ3) is 3.81. The second-order valence-corrected chi connectivity index (χ2v) is 6.79. The van der Waals surface area contributed by atoms with Crippen LogP contribution in [0.4, 0.5) is 4.39 Å². The van der Waals surface area contributed by atoms with Gasteiger partial charge in [0.1, 0.15) is 23.7 Å². The smallest absolute Gasteiger partial charge is 0.344 e. The first-order valence-corrected chi connectivity index (χ1v) is 9.29. The van der Waals surface area contributed by atoms with Gasteiger partial charge in [0.05, 0.1) is 7.11 Å². The highest BCUT2D eigenvalue weighted by molar-refractivity contribution is 5.84. The zero-order valence-corrected chi connectivity index (χ0v) is 15.6. The molecule has 2 aromatic carbocycles. The average Bonchev–Trinajstić information content (AvgIpc) is 3.09. The minimum atomic E-state index is -0.523. The molecule has 146 valence electrons. The summed E-state index contributed by atoms with van der Waals surface area (Å²) in [6.45, 7) is -0.248. The number of fused-ring (bicyclic) bond motifs is 3. The first-order valence-electron chi connectivity index (χ1n) is 9.29. The van der Waals surface area contributed by atoms with E-state index in [2.05, 4.69) is 0 Å². The number of furan rings is 1. The molecule has 5 nitrogen and oxygen atoms in total. The molecule has 1 heterocycles. The minimum absolute atomic E-state index is 0.0304. The van der Waals surface area contributed by atoms with Crippen LogP contribution in [0.1, 0.15) is 29.7 Å². The largest absolute Gasteiger partial charge is 0.494 e. The standard InChI is InChI=1S/C22H21FO5/c1-25-21-8-6-14(10-18(21)23)12-27-22(24)13-26-15-7-9-20-17(11-15)16-4-2-3-5-19(16)28-20/h6-11H,2-5,12-13H2,1H3. The zero-order chi connectivity index (χ0) is 19.5. The maximum atomic E-state index is 13.7. The molecular formula is C22H21FO5. The van der Waals surface area contributed by atoms with E-state index < -0.39 is 11.8 Å². The van der Waals surface area contributed by atoms with Crippen molar-refractivity contribution in [2.75, 3.05) is 13.7 Å². The Morgan fingerprint density at radius 1 is 1.14 bits per heavy atom. The van der Waals surface area contributed by atoms with Gasteiger partial charge in [-0.05, 0) is 55.2 Å². The Balaban J connectivity index is 1.35. The molecule has 0 amide bonds. The molecule has 0 aliphatic heterocycles. The highest BCUT2D eigenvalue weighted by Crippen LogP contribution is 2.33. The summed E-state index contributed by atoms with van der Waals surface area (Å²) in [4.78, 5) is 12.0. The van der Waals surface area contributed by atoms with Crippen molar-refractivity contribution >= 4 is 16.9 Å². The van der Waals surface area contributed by atoms with Crippen LogP contribution in [-0.4, -0.2) is 19.7 Å². The molecule has 1 aliphatic carbocycles. The number of benzene rings is 2. The maximum absolute atomic E-state index is 13.7. The van der Waals surface area contributed by atoms with E-state index in [9.17, 15) is 9.18 Å². The molecule has 1 aliphatic rings. The van der Waals surface area contributed by atoms with Gasteiger partial charge in [0.25, 0.3) is 0 Å². The Morgan fingerprint density at radius 2 is 2.00 bits per heavy atom. The SMILES string of the molecule is COc1ccc(COC(=O)COc2ccc3oc4c(c3c2)CCCC4)cc1F. The Bertz CT molecular complexity index is 1010. The quantitative estimate of drug-likeness (QED) is 0.582. The minimum Gasteiger partial charge on any atom is -0.494 e. The van der Waals surface area contributed by atoms with E-state index >= 15 is 0 Å². The number of carbonyl (C=O) groups is 1. The fraction of sp³-hybridized carbons (Fsp3) is 0.318. The van der Waals surface area contributed by atoms with E-state index in [0.29, 0.717) is 11.3 Å². The molecule has 1 aromatic heterocycles. The van der Waals surface area contributed by atoms with E-state index in [1.165, 1.54) is 24.8 Å². The van der Waals surface area contributed by atoms with Crippen molar-refractivity contribution in [1.29, 1.82) is 0 Å². The van der Waals surface area contributed by atoms with Crippen LogP contribution in [0, 0.1) is 5.82 Å². The van der Waals surface area contributed by atoms with E-state index in [0.717, 1.165) is 42.4 Å². The van der Waals surface area contributed by atoms with E-state index in [1.807, 2.05) is 12.1 Å². The number of ether oxygens (including phenoxy) is 3. The number of methoxy groups -OCH3 is 1. The molecule has 0 fully saturated rings. The van der Waals surface area contributed by atoms with Crippen LogP contribution in [-0.2, 0) is 29.0 Å². The fourth-order valence-corrected chi connectivity index (χ4v) is 3.48. The summed E-state index contributed by atoms with van der Waals surface area (Å²) < 4.78 is 35.2. The summed E-state index contributed by atoms with van der Waals surface area (Å²) in [7, 11) is 1.39. The molecule has 0 saturated heterocycles. The summed E-state index contributed by atoms with van der Waals surface area (Å²) in [5.74, 6) is 0.781. The predicted molar refractivity (Wildman–Crippen MR) is 101 cm³/mol. The molecule has 28 heavy (non-hydrogen) atoms. The van der Waals surface area contributed by atoms with Gasteiger partial charge >= 0.3 is 5.97 Å². The van der Waals surface area contributed by atoms with Crippen LogP contribution in [0.15, 0.2) is 40.8 Å². The highest BCUT2D eigenvalue weighted by atomic mass is 19.1. The van der Waals surface area contributed by atoms with Crippen molar-refractivity contribution < 1.29 is 27.8 Å². The molecule has 0 N–H and O–H groups in total. The molecule has 0 unspecified atom stereocenters. The second kappa shape index (κ2) is 7.92. The Morgan fingerprint density at radius 3 is 2.82 bits per heavy atom. The molecule has 0 spiro atoms. The van der Waals surface area contributed by atoms with Crippen molar-refractivity contribution in [2.45, 2.75) is 32.3 Å². The molecular weight excluding hydrogens is 363 g/mol. The van der Waals surface area contributed by atoms with Gasteiger partial charge in [0, 0.05) is 17.4 Å². The van der Waals surface area contributed by atoms with Gasteiger partial charge in [-0.25, -0.2) is 9.18 Å². The van der Waals surface area contributed by atoms with Gasteiger partial charge in [0.2, 0.25) is 0 Å². The van der Waals surface area contributed by atoms with Crippen LogP contribution in [0.3, 0.4) is 0 Å². The Labute approximate surface area is 162 Å². The van der Waals surface area contributed by atoms with Gasteiger partial charge in [-0.15, -0.1) is 0 Å². The number of esters is 1. The van der Waals surface area contributed by atoms with E-state index in [-0.39, 0.29) is 19.0 Å². The lowest BCUT2D eigenvalue weighted by molar-refractivity contribution is -0.147. The van der Waals surface area contributed by atoms with Crippen molar-refractivity contribution in [3.8, 4) is 11.5 Å². The lowest BCUT2D eigenvalue weighted by Crippen LogP contribution is -2.14. The fourth-order valence-electron chi connectivity index (χ4n) is 3.48. The summed E-state index contributed by atoms with van der Waals surface area (Å²) in [6.07, 6.45) is 4.29. The van der Waals surface area contributed by atoms with Gasteiger partial charge in [-0.1, -0.05) is 6.07 Å². The van der Waals surface area contributed by atoms with Crippen molar-refractivity contribution in [3.63, 3.8) is 0 Å². The first kappa shape index (κ1) is 18.3. The number of aryl methyl sites for hydroxylation is 2. The lowest BCUT2D eigenvalue weighted by Gasteiger charge is -2.09. The van der Waals surface area contributed by atoms with E-state index in [1.54, 1.807) is 12.1 Å². The van der Waals surface area contributed by atoms with Gasteiger partial charge in [0.15, 0.2) is 18.2 Å². The number of hydrogen-bond donors (Lipinski definition) is 0. The summed E-state index contributed by atoms with van der Waals surface area (Å²) in [5, 5.41) is 1.05. The van der Waals surface area contributed by atoms with Crippen molar-refractivity contribution in [3.05, 3.63) is 59.1 Å². The van der Waals surface area contributed by atoms with Gasteiger partial charge in [-0.3, -0.25) is 0 Å². The third-order valence-electron chi connectivity index (χ3n) is 4.90. The molecule has 6 heteroatoms. The van der Waals surface area contributed by atoms with E-state index in [4.69, 9.17) is 18.6 Å². The second-order valence-electron chi connectivity index (χ2n) is 6.79. The van der Waals surface area contributed by atoms with Crippen molar-refractivity contribution in [2.24, 2.45) is 0 Å². The molecule has 3 aromatic rings. The summed E-state index contributed by atoms with van der Waals surface area (Å²) in [5.41, 5.74) is 2.64. The topological polar surface area (TPSA) is 57.9 Å². The monoisotopic (exact) mass is 384 g/mol. The Kier molecular flexibility index (Phi) is 5.19. The lowest BCUT2D eigenvalue weighted by atomic mass is 9.96. The summed E-state index contributed by atoms with van der Waals surface area (Å²) >= 11 is 0. The third-order valence-corrected chi connectivity index (χ3v) is 4.90. The number of hydrogen-bond acceptors (Lipinski definition) is 5. The summed E-state index contributed by atoms with van der Waals surface area (Å²) in [6, 6.07) is 9.98. The molecule has 4 rings (SSSR count). The zero-order valence-electron chi connectivity index (χ0n) is 15.6. The predicted octanol–water partition coefficient (Wildman–Crippen LogP) is 4.58. The molecule has 0 atom stereocenters. The first-order chi connectivity index (χ1) is 13.6. The highest BCUT2D eigenvalue weighted by Gasteiger charge is 2.18. The van der Waals surface area contributed by atoms with Crippen LogP contribution >= 0.6 is 0 Å². The van der Waals surface area contributed by atoms with Crippen LogP contribution < -0.4 is 9.47 Å². The molecule has 0 radical (unpaired) electrons. The van der Waals surface area contributed by atoms with Crippen LogP contribution in [0.5, 0.6) is 11.5 Å². The van der Waals surface area contributed by atoms with Gasteiger partial charge in [-0.2, -0.15) is 0 Å². The number of carbonyl (C=O) groups excluding carboxylic acids is 1. The number of halogens is 1. The molecule has 0 bridgehead atoms. The van der Waals surface area contributed by atoms with Crippen LogP contribution in [0.2, 0.25) is 0 Å². The van der Waals surface area contributed by atoms with Crippen LogP contribution in [0.25, 0.3) is 11.0 Å². The average molecular weight is 384 g/mol. The van der Waals surface area contributed by atoms with Gasteiger partial charge < -0.3 is 18.6 Å².